The molecule has 0 fully saturated rings. The van der Waals surface area contributed by atoms with Gasteiger partial charge >= 0.3 is 0 Å². The maximum Gasteiger partial charge on any atom is 0.102 e. The van der Waals surface area contributed by atoms with Crippen LogP contribution in [0.2, 0.25) is 0 Å². The SMILES string of the molecule is C=C1NCC(C(C)C)C(O)=C1C. The Morgan fingerprint density at radius 3 is 2.67 bits per heavy atom. The summed E-state index contributed by atoms with van der Waals surface area (Å²) in [5.74, 6) is 1.23. The zero-order valence-electron chi connectivity index (χ0n) is 8.02. The van der Waals surface area contributed by atoms with Gasteiger partial charge in [0.1, 0.15) is 5.76 Å². The molecule has 0 amide bonds. The Hall–Kier alpha value is -0.920. The molecule has 0 saturated carbocycles. The van der Waals surface area contributed by atoms with E-state index >= 15 is 0 Å². The molecule has 1 atom stereocenters. The highest BCUT2D eigenvalue weighted by Gasteiger charge is 2.24. The minimum absolute atomic E-state index is 0.246. The lowest BCUT2D eigenvalue weighted by Crippen LogP contribution is -2.32. The van der Waals surface area contributed by atoms with Gasteiger partial charge in [0.05, 0.1) is 0 Å². The summed E-state index contributed by atoms with van der Waals surface area (Å²) in [7, 11) is 0. The van der Waals surface area contributed by atoms with E-state index in [1.165, 1.54) is 0 Å². The van der Waals surface area contributed by atoms with Crippen LogP contribution in [-0.2, 0) is 0 Å². The molecule has 0 aromatic carbocycles. The van der Waals surface area contributed by atoms with E-state index in [1.54, 1.807) is 0 Å². The van der Waals surface area contributed by atoms with Crippen molar-refractivity contribution < 1.29 is 5.11 Å². The second-order valence-corrected chi connectivity index (χ2v) is 3.72. The normalized spacial score (nSPS) is 24.7. The summed E-state index contributed by atoms with van der Waals surface area (Å²) >= 11 is 0. The van der Waals surface area contributed by atoms with Crippen molar-refractivity contribution in [2.24, 2.45) is 11.8 Å². The molecule has 1 aliphatic heterocycles. The van der Waals surface area contributed by atoms with Crippen LogP contribution in [0, 0.1) is 11.8 Å². The fraction of sp³-hybridized carbons (Fsp3) is 0.600. The van der Waals surface area contributed by atoms with Gasteiger partial charge in [0, 0.05) is 23.7 Å². The molecule has 68 valence electrons. The lowest BCUT2D eigenvalue weighted by atomic mass is 9.88. The van der Waals surface area contributed by atoms with Crippen LogP contribution in [0.1, 0.15) is 20.8 Å². The van der Waals surface area contributed by atoms with Crippen molar-refractivity contribution >= 4 is 0 Å². The van der Waals surface area contributed by atoms with Gasteiger partial charge in [-0.05, 0) is 12.8 Å². The second-order valence-electron chi connectivity index (χ2n) is 3.72. The van der Waals surface area contributed by atoms with Crippen LogP contribution in [0.15, 0.2) is 23.6 Å². The van der Waals surface area contributed by atoms with E-state index in [1.807, 2.05) is 6.92 Å². The standard InChI is InChI=1S/C10H17NO/c1-6(2)9-5-11-8(4)7(3)10(9)12/h6,9,11-12H,4-5H2,1-3H3. The van der Waals surface area contributed by atoms with Crippen molar-refractivity contribution in [3.05, 3.63) is 23.6 Å². The van der Waals surface area contributed by atoms with E-state index in [2.05, 4.69) is 25.7 Å². The maximum absolute atomic E-state index is 9.76. The molecule has 0 aromatic heterocycles. The monoisotopic (exact) mass is 167 g/mol. The molecule has 1 unspecified atom stereocenters. The van der Waals surface area contributed by atoms with Gasteiger partial charge in [-0.15, -0.1) is 0 Å². The molecule has 1 heterocycles. The number of rotatable bonds is 1. The van der Waals surface area contributed by atoms with E-state index < -0.39 is 0 Å². The highest BCUT2D eigenvalue weighted by atomic mass is 16.3. The summed E-state index contributed by atoms with van der Waals surface area (Å²) in [6.07, 6.45) is 0. The van der Waals surface area contributed by atoms with Gasteiger partial charge in [0.2, 0.25) is 0 Å². The van der Waals surface area contributed by atoms with Gasteiger partial charge in [-0.3, -0.25) is 0 Å². The van der Waals surface area contributed by atoms with Crippen molar-refractivity contribution in [2.75, 3.05) is 6.54 Å². The van der Waals surface area contributed by atoms with Gasteiger partial charge < -0.3 is 10.4 Å². The fourth-order valence-corrected chi connectivity index (χ4v) is 1.45. The first-order valence-electron chi connectivity index (χ1n) is 4.37. The first-order valence-corrected chi connectivity index (χ1v) is 4.37. The van der Waals surface area contributed by atoms with Gasteiger partial charge in [0.15, 0.2) is 0 Å². The van der Waals surface area contributed by atoms with E-state index in [4.69, 9.17) is 0 Å². The van der Waals surface area contributed by atoms with E-state index in [0.29, 0.717) is 11.7 Å². The third-order valence-corrected chi connectivity index (χ3v) is 2.53. The average Bonchev–Trinajstić information content (AvgIpc) is 2.00. The van der Waals surface area contributed by atoms with Gasteiger partial charge in [-0.25, -0.2) is 0 Å². The Bertz CT molecular complexity index is 228. The van der Waals surface area contributed by atoms with Crippen molar-refractivity contribution in [3.8, 4) is 0 Å². The number of aliphatic hydroxyl groups excluding tert-OH is 1. The molecule has 1 aliphatic rings. The predicted molar refractivity (Wildman–Crippen MR) is 50.8 cm³/mol. The largest absolute Gasteiger partial charge is 0.512 e. The lowest BCUT2D eigenvalue weighted by molar-refractivity contribution is 0.264. The zero-order valence-corrected chi connectivity index (χ0v) is 8.02. The Balaban J connectivity index is 2.90. The van der Waals surface area contributed by atoms with Crippen molar-refractivity contribution in [2.45, 2.75) is 20.8 Å². The molecular weight excluding hydrogens is 150 g/mol. The molecule has 0 spiro atoms. The molecule has 2 heteroatoms. The molecule has 2 nitrogen and oxygen atoms in total. The van der Waals surface area contributed by atoms with Gasteiger partial charge in [0.25, 0.3) is 0 Å². The van der Waals surface area contributed by atoms with E-state index in [9.17, 15) is 5.11 Å². The smallest absolute Gasteiger partial charge is 0.102 e. The molecular formula is C10H17NO. The lowest BCUT2D eigenvalue weighted by Gasteiger charge is -2.28. The van der Waals surface area contributed by atoms with Crippen molar-refractivity contribution in [1.82, 2.24) is 5.32 Å². The Morgan fingerprint density at radius 1 is 1.58 bits per heavy atom. The van der Waals surface area contributed by atoms with Crippen LogP contribution in [0.25, 0.3) is 0 Å². The summed E-state index contributed by atoms with van der Waals surface area (Å²) in [4.78, 5) is 0. The summed E-state index contributed by atoms with van der Waals surface area (Å²) in [6.45, 7) is 10.7. The molecule has 0 radical (unpaired) electrons. The summed E-state index contributed by atoms with van der Waals surface area (Å²) < 4.78 is 0. The van der Waals surface area contributed by atoms with E-state index in [-0.39, 0.29) is 5.92 Å². The van der Waals surface area contributed by atoms with Crippen LogP contribution < -0.4 is 5.32 Å². The molecule has 12 heavy (non-hydrogen) atoms. The van der Waals surface area contributed by atoms with Crippen LogP contribution in [-0.4, -0.2) is 11.7 Å². The third kappa shape index (κ3) is 1.47. The average molecular weight is 167 g/mol. The number of aliphatic hydroxyl groups is 1. The first-order chi connectivity index (χ1) is 5.54. The Kier molecular flexibility index (Phi) is 2.46. The van der Waals surface area contributed by atoms with E-state index in [0.717, 1.165) is 17.8 Å². The van der Waals surface area contributed by atoms with Gasteiger partial charge in [-0.2, -0.15) is 0 Å². The maximum atomic E-state index is 9.76. The fourth-order valence-electron chi connectivity index (χ4n) is 1.45. The van der Waals surface area contributed by atoms with Gasteiger partial charge in [-0.1, -0.05) is 20.4 Å². The molecule has 2 N–H and O–H groups in total. The molecule has 0 bridgehead atoms. The summed E-state index contributed by atoms with van der Waals surface area (Å²) in [5.41, 5.74) is 1.75. The number of allylic oxidation sites excluding steroid dienone is 1. The molecule has 0 aromatic rings. The molecule has 0 saturated heterocycles. The summed E-state index contributed by atoms with van der Waals surface area (Å²) in [5, 5.41) is 12.9. The highest BCUT2D eigenvalue weighted by Crippen LogP contribution is 2.26. The Morgan fingerprint density at radius 2 is 2.17 bits per heavy atom. The predicted octanol–water partition coefficient (Wildman–Crippen LogP) is 2.21. The van der Waals surface area contributed by atoms with Crippen LogP contribution in [0.5, 0.6) is 0 Å². The number of hydrogen-bond acceptors (Lipinski definition) is 2. The van der Waals surface area contributed by atoms with Crippen LogP contribution in [0.3, 0.4) is 0 Å². The first kappa shape index (κ1) is 9.17. The zero-order chi connectivity index (χ0) is 9.30. The minimum Gasteiger partial charge on any atom is -0.512 e. The topological polar surface area (TPSA) is 32.3 Å². The van der Waals surface area contributed by atoms with Crippen LogP contribution in [0.4, 0.5) is 0 Å². The second kappa shape index (κ2) is 3.21. The minimum atomic E-state index is 0.246. The Labute approximate surface area is 74.0 Å². The highest BCUT2D eigenvalue weighted by molar-refractivity contribution is 5.31. The molecule has 0 aliphatic carbocycles. The number of hydrogen-bond donors (Lipinski definition) is 2. The molecule has 1 rings (SSSR count). The summed E-state index contributed by atoms with van der Waals surface area (Å²) in [6, 6.07) is 0. The quantitative estimate of drug-likeness (QED) is 0.627. The third-order valence-electron chi connectivity index (χ3n) is 2.53. The number of nitrogens with one attached hydrogen (secondary N) is 1. The van der Waals surface area contributed by atoms with Crippen molar-refractivity contribution in [3.63, 3.8) is 0 Å². The van der Waals surface area contributed by atoms with Crippen molar-refractivity contribution in [1.29, 1.82) is 0 Å². The van der Waals surface area contributed by atoms with Crippen LogP contribution >= 0.6 is 0 Å².